The van der Waals surface area contributed by atoms with E-state index in [1.807, 2.05) is 26.1 Å². The Labute approximate surface area is 103 Å². The van der Waals surface area contributed by atoms with Crippen molar-refractivity contribution in [1.29, 1.82) is 0 Å². The van der Waals surface area contributed by atoms with Crippen molar-refractivity contribution in [2.45, 2.75) is 26.0 Å². The summed E-state index contributed by atoms with van der Waals surface area (Å²) in [6.45, 7) is 3.70. The van der Waals surface area contributed by atoms with Gasteiger partial charge in [0, 0.05) is 5.56 Å². The van der Waals surface area contributed by atoms with Gasteiger partial charge in [-0.25, -0.2) is 0 Å². The lowest BCUT2D eigenvalue weighted by Crippen LogP contribution is -2.27. The summed E-state index contributed by atoms with van der Waals surface area (Å²) in [7, 11) is 5.07. The molecule has 0 bridgehead atoms. The maximum absolute atomic E-state index is 9.76. The number of aliphatic hydroxyl groups excluding tert-OH is 1. The molecule has 2 N–H and O–H groups in total. The summed E-state index contributed by atoms with van der Waals surface area (Å²) in [5, 5.41) is 12.8. The lowest BCUT2D eigenvalue weighted by Gasteiger charge is -2.23. The third kappa shape index (κ3) is 2.90. The smallest absolute Gasteiger partial charge is 0.124 e. The van der Waals surface area contributed by atoms with Crippen molar-refractivity contribution in [2.75, 3.05) is 21.3 Å². The first-order valence-electron chi connectivity index (χ1n) is 5.63. The highest BCUT2D eigenvalue weighted by molar-refractivity contribution is 5.47. The van der Waals surface area contributed by atoms with Gasteiger partial charge in [0.15, 0.2) is 0 Å². The van der Waals surface area contributed by atoms with Gasteiger partial charge >= 0.3 is 0 Å². The number of hydrogen-bond donors (Lipinski definition) is 2. The van der Waals surface area contributed by atoms with Gasteiger partial charge < -0.3 is 19.9 Å². The van der Waals surface area contributed by atoms with Gasteiger partial charge in [-0.2, -0.15) is 0 Å². The topological polar surface area (TPSA) is 50.7 Å². The number of nitrogens with one attached hydrogen (secondary N) is 1. The highest BCUT2D eigenvalue weighted by atomic mass is 16.5. The predicted molar refractivity (Wildman–Crippen MR) is 67.8 cm³/mol. The Morgan fingerprint density at radius 2 is 1.76 bits per heavy atom. The largest absolute Gasteiger partial charge is 0.496 e. The molecule has 0 radical (unpaired) electrons. The van der Waals surface area contributed by atoms with Gasteiger partial charge in [-0.05, 0) is 38.6 Å². The van der Waals surface area contributed by atoms with Crippen molar-refractivity contribution in [3.8, 4) is 11.5 Å². The van der Waals surface area contributed by atoms with Crippen LogP contribution in [0.3, 0.4) is 0 Å². The number of likely N-dealkylation sites (N-methyl/N-ethyl adjacent to an activating group) is 1. The van der Waals surface area contributed by atoms with Crippen molar-refractivity contribution in [2.24, 2.45) is 0 Å². The Hall–Kier alpha value is -1.26. The molecule has 0 aliphatic heterocycles. The van der Waals surface area contributed by atoms with E-state index in [2.05, 4.69) is 5.32 Å². The van der Waals surface area contributed by atoms with Crippen molar-refractivity contribution in [3.05, 3.63) is 23.3 Å². The minimum Gasteiger partial charge on any atom is -0.496 e. The van der Waals surface area contributed by atoms with Gasteiger partial charge in [0.1, 0.15) is 11.5 Å². The molecule has 4 heteroatoms. The quantitative estimate of drug-likeness (QED) is 0.820. The molecule has 2 unspecified atom stereocenters. The third-order valence-corrected chi connectivity index (χ3v) is 2.88. The molecule has 0 heterocycles. The molecule has 1 aromatic rings. The van der Waals surface area contributed by atoms with Crippen molar-refractivity contribution in [3.63, 3.8) is 0 Å². The predicted octanol–water partition coefficient (Wildman–Crippen LogP) is 1.65. The average molecular weight is 239 g/mol. The molecule has 0 aliphatic carbocycles. The fourth-order valence-electron chi connectivity index (χ4n) is 1.97. The van der Waals surface area contributed by atoms with E-state index in [1.54, 1.807) is 21.1 Å². The molecule has 0 spiro atoms. The Balaban J connectivity index is 3.28. The molecule has 0 fully saturated rings. The fourth-order valence-corrected chi connectivity index (χ4v) is 1.97. The first-order chi connectivity index (χ1) is 8.04. The first-order valence-corrected chi connectivity index (χ1v) is 5.63. The molecular formula is C13H21NO3. The Morgan fingerprint density at radius 3 is 2.18 bits per heavy atom. The maximum Gasteiger partial charge on any atom is 0.124 e. The molecule has 2 atom stereocenters. The van der Waals surface area contributed by atoms with E-state index in [0.717, 1.165) is 22.6 Å². The second-order valence-electron chi connectivity index (χ2n) is 4.07. The SMILES string of the molecule is CNC(c1cc(OC)c(C)cc1OC)C(C)O. The van der Waals surface area contributed by atoms with E-state index >= 15 is 0 Å². The third-order valence-electron chi connectivity index (χ3n) is 2.88. The van der Waals surface area contributed by atoms with Crippen LogP contribution in [0.25, 0.3) is 0 Å². The van der Waals surface area contributed by atoms with Crippen LogP contribution < -0.4 is 14.8 Å². The molecule has 0 saturated carbocycles. The molecule has 17 heavy (non-hydrogen) atoms. The first kappa shape index (κ1) is 13.8. The normalized spacial score (nSPS) is 14.2. The Kier molecular flexibility index (Phi) is 4.78. The van der Waals surface area contributed by atoms with Gasteiger partial charge in [0.05, 0.1) is 26.4 Å². The second-order valence-corrected chi connectivity index (χ2v) is 4.07. The number of aliphatic hydroxyl groups is 1. The molecule has 0 amide bonds. The summed E-state index contributed by atoms with van der Waals surface area (Å²) < 4.78 is 10.6. The summed E-state index contributed by atoms with van der Waals surface area (Å²) in [6.07, 6.45) is -0.513. The minimum atomic E-state index is -0.513. The summed E-state index contributed by atoms with van der Waals surface area (Å²) in [5.74, 6) is 1.55. The summed E-state index contributed by atoms with van der Waals surface area (Å²) >= 11 is 0. The number of hydrogen-bond acceptors (Lipinski definition) is 4. The average Bonchev–Trinajstić information content (AvgIpc) is 2.30. The van der Waals surface area contributed by atoms with E-state index < -0.39 is 6.10 Å². The molecule has 4 nitrogen and oxygen atoms in total. The molecule has 1 rings (SSSR count). The molecule has 0 saturated heterocycles. The van der Waals surface area contributed by atoms with Crippen LogP contribution in [-0.2, 0) is 0 Å². The fraction of sp³-hybridized carbons (Fsp3) is 0.538. The Morgan fingerprint density at radius 1 is 1.18 bits per heavy atom. The minimum absolute atomic E-state index is 0.181. The number of rotatable bonds is 5. The van der Waals surface area contributed by atoms with E-state index in [1.165, 1.54) is 0 Å². The van der Waals surface area contributed by atoms with Crippen LogP contribution in [0.4, 0.5) is 0 Å². The van der Waals surface area contributed by atoms with Gasteiger partial charge in [-0.1, -0.05) is 0 Å². The number of aryl methyl sites for hydroxylation is 1. The zero-order valence-corrected chi connectivity index (χ0v) is 11.1. The van der Waals surface area contributed by atoms with Gasteiger partial charge in [0.2, 0.25) is 0 Å². The second kappa shape index (κ2) is 5.89. The van der Waals surface area contributed by atoms with Crippen LogP contribution in [0.15, 0.2) is 12.1 Å². The molecule has 0 aliphatic rings. The zero-order chi connectivity index (χ0) is 13.0. The zero-order valence-electron chi connectivity index (χ0n) is 11.1. The molecule has 1 aromatic carbocycles. The number of methoxy groups -OCH3 is 2. The van der Waals surface area contributed by atoms with Gasteiger partial charge in [-0.3, -0.25) is 0 Å². The van der Waals surface area contributed by atoms with E-state index in [0.29, 0.717) is 0 Å². The van der Waals surface area contributed by atoms with E-state index in [-0.39, 0.29) is 6.04 Å². The van der Waals surface area contributed by atoms with Gasteiger partial charge in [0.25, 0.3) is 0 Å². The van der Waals surface area contributed by atoms with E-state index in [9.17, 15) is 5.11 Å². The van der Waals surface area contributed by atoms with Crippen LogP contribution in [0.5, 0.6) is 11.5 Å². The number of ether oxygens (including phenoxy) is 2. The number of benzene rings is 1. The summed E-state index contributed by atoms with van der Waals surface area (Å²) in [5.41, 5.74) is 1.90. The van der Waals surface area contributed by atoms with Crippen LogP contribution in [-0.4, -0.2) is 32.5 Å². The maximum atomic E-state index is 9.76. The molecule has 0 aromatic heterocycles. The highest BCUT2D eigenvalue weighted by Gasteiger charge is 2.21. The Bertz CT molecular complexity index is 377. The van der Waals surface area contributed by atoms with E-state index in [4.69, 9.17) is 9.47 Å². The van der Waals surface area contributed by atoms with Crippen molar-refractivity contribution in [1.82, 2.24) is 5.32 Å². The van der Waals surface area contributed by atoms with Gasteiger partial charge in [-0.15, -0.1) is 0 Å². The van der Waals surface area contributed by atoms with Crippen molar-refractivity contribution < 1.29 is 14.6 Å². The lowest BCUT2D eigenvalue weighted by molar-refractivity contribution is 0.148. The monoisotopic (exact) mass is 239 g/mol. The lowest BCUT2D eigenvalue weighted by atomic mass is 9.99. The highest BCUT2D eigenvalue weighted by Crippen LogP contribution is 2.33. The standard InChI is InChI=1S/C13H21NO3/c1-8-6-12(17-5)10(7-11(8)16-4)13(14-3)9(2)15/h6-7,9,13-15H,1-5H3. The molecular weight excluding hydrogens is 218 g/mol. The summed E-state index contributed by atoms with van der Waals surface area (Å²) in [4.78, 5) is 0. The summed E-state index contributed by atoms with van der Waals surface area (Å²) in [6, 6.07) is 3.64. The van der Waals surface area contributed by atoms with Crippen LogP contribution in [0.1, 0.15) is 24.1 Å². The van der Waals surface area contributed by atoms with Crippen LogP contribution in [0, 0.1) is 6.92 Å². The van der Waals surface area contributed by atoms with Crippen molar-refractivity contribution >= 4 is 0 Å². The molecule has 96 valence electrons. The van der Waals surface area contributed by atoms with Crippen LogP contribution in [0.2, 0.25) is 0 Å². The van der Waals surface area contributed by atoms with Crippen LogP contribution >= 0.6 is 0 Å².